The summed E-state index contributed by atoms with van der Waals surface area (Å²) in [4.78, 5) is 4.53. The van der Waals surface area contributed by atoms with Crippen molar-refractivity contribution in [1.29, 1.82) is 0 Å². The van der Waals surface area contributed by atoms with Gasteiger partial charge in [-0.15, -0.1) is 0 Å². The number of hydrogen-bond donors (Lipinski definition) is 3. The summed E-state index contributed by atoms with van der Waals surface area (Å²) in [7, 11) is 4.96. The van der Waals surface area contributed by atoms with Gasteiger partial charge in [0, 0.05) is 25.8 Å². The topological polar surface area (TPSA) is 80.0 Å². The molecule has 0 amide bonds. The fourth-order valence-corrected chi connectivity index (χ4v) is 3.03. The van der Waals surface area contributed by atoms with E-state index in [2.05, 4.69) is 15.6 Å². The minimum atomic E-state index is -0.748. The molecule has 1 atom stereocenters. The summed E-state index contributed by atoms with van der Waals surface area (Å²) in [5, 5.41) is 17.8. The first-order valence-corrected chi connectivity index (χ1v) is 9.58. The zero-order chi connectivity index (χ0) is 20.7. The highest BCUT2D eigenvalue weighted by Gasteiger charge is 2.13. The van der Waals surface area contributed by atoms with Crippen molar-refractivity contribution in [3.8, 4) is 11.5 Å². The Labute approximate surface area is 175 Å². The van der Waals surface area contributed by atoms with Gasteiger partial charge in [-0.3, -0.25) is 0 Å². The molecule has 0 aliphatic rings. The highest BCUT2D eigenvalue weighted by molar-refractivity contribution is 6.41. The largest absolute Gasteiger partial charge is 0.493 e. The molecule has 7 nitrogen and oxygen atoms in total. The summed E-state index contributed by atoms with van der Waals surface area (Å²) in [6.45, 7) is 3.33. The summed E-state index contributed by atoms with van der Waals surface area (Å²) < 4.78 is 12.3. The molecule has 154 valence electrons. The maximum atomic E-state index is 10.5. The first kappa shape index (κ1) is 22.2. The Morgan fingerprint density at radius 3 is 2.46 bits per heavy atom. The Bertz CT molecular complexity index is 824. The number of nitrogens with zero attached hydrogens (tertiary/aromatic N) is 2. The number of rotatable bonds is 8. The third-order valence-electron chi connectivity index (χ3n) is 4.21. The second-order valence-corrected chi connectivity index (χ2v) is 6.80. The minimum Gasteiger partial charge on any atom is -0.493 e. The molecule has 1 aromatic heterocycles. The van der Waals surface area contributed by atoms with Crippen LogP contribution in [0.25, 0.3) is 0 Å². The van der Waals surface area contributed by atoms with Gasteiger partial charge >= 0.3 is 0 Å². The number of guanidine groups is 1. The van der Waals surface area contributed by atoms with E-state index in [4.69, 9.17) is 32.7 Å². The van der Waals surface area contributed by atoms with Gasteiger partial charge in [0.1, 0.15) is 5.15 Å². The number of aliphatic hydroxyl groups excluding tert-OH is 1. The molecule has 0 aliphatic heterocycles. The van der Waals surface area contributed by atoms with Crippen LogP contribution < -0.4 is 20.1 Å². The Morgan fingerprint density at radius 1 is 1.18 bits per heavy atom. The number of ether oxygens (including phenoxy) is 2. The lowest BCUT2D eigenvalue weighted by molar-refractivity contribution is 0.180. The second kappa shape index (κ2) is 10.5. The number of halogens is 2. The van der Waals surface area contributed by atoms with E-state index in [-0.39, 0.29) is 6.54 Å². The van der Waals surface area contributed by atoms with Gasteiger partial charge in [0.25, 0.3) is 0 Å². The van der Waals surface area contributed by atoms with Crippen molar-refractivity contribution in [2.45, 2.75) is 19.6 Å². The molecule has 0 spiro atoms. The van der Waals surface area contributed by atoms with Crippen LogP contribution in [-0.2, 0) is 13.6 Å². The summed E-state index contributed by atoms with van der Waals surface area (Å²) >= 11 is 12.1. The van der Waals surface area contributed by atoms with Gasteiger partial charge in [-0.1, -0.05) is 29.3 Å². The molecule has 0 radical (unpaired) electrons. The minimum absolute atomic E-state index is 0.274. The number of nitrogens with one attached hydrogen (secondary N) is 2. The first-order chi connectivity index (χ1) is 13.4. The van der Waals surface area contributed by atoms with E-state index in [0.29, 0.717) is 46.3 Å². The lowest BCUT2D eigenvalue weighted by Crippen LogP contribution is -2.39. The molecule has 3 N–H and O–H groups in total. The quantitative estimate of drug-likeness (QED) is 0.444. The van der Waals surface area contributed by atoms with E-state index in [0.717, 1.165) is 5.69 Å². The molecule has 0 fully saturated rings. The van der Waals surface area contributed by atoms with Crippen molar-refractivity contribution >= 4 is 29.2 Å². The average Bonchev–Trinajstić information content (AvgIpc) is 2.95. The predicted octanol–water partition coefficient (Wildman–Crippen LogP) is 3.14. The Kier molecular flexibility index (Phi) is 8.29. The van der Waals surface area contributed by atoms with E-state index < -0.39 is 6.10 Å². The van der Waals surface area contributed by atoms with Crippen LogP contribution in [0.5, 0.6) is 11.5 Å². The molecule has 0 saturated heterocycles. The normalized spacial score (nSPS) is 12.6. The predicted molar refractivity (Wildman–Crippen MR) is 113 cm³/mol. The molecule has 1 aromatic carbocycles. The molecule has 1 unspecified atom stereocenters. The van der Waals surface area contributed by atoms with Gasteiger partial charge in [0.15, 0.2) is 17.5 Å². The van der Waals surface area contributed by atoms with Crippen LogP contribution in [0.15, 0.2) is 29.3 Å². The van der Waals surface area contributed by atoms with Crippen LogP contribution in [-0.4, -0.2) is 42.9 Å². The van der Waals surface area contributed by atoms with Crippen molar-refractivity contribution in [1.82, 2.24) is 15.2 Å². The van der Waals surface area contributed by atoms with Gasteiger partial charge in [-0.05, 0) is 30.7 Å². The van der Waals surface area contributed by atoms with Crippen molar-refractivity contribution in [2.24, 2.45) is 12.0 Å². The molecule has 1 heterocycles. The van der Waals surface area contributed by atoms with Gasteiger partial charge in [0.2, 0.25) is 0 Å². The van der Waals surface area contributed by atoms with Crippen molar-refractivity contribution < 1.29 is 14.6 Å². The summed E-state index contributed by atoms with van der Waals surface area (Å²) in [6.07, 6.45) is -0.748. The Morgan fingerprint density at radius 2 is 1.89 bits per heavy atom. The lowest BCUT2D eigenvalue weighted by atomic mass is 10.1. The molecule has 0 saturated carbocycles. The third-order valence-corrected chi connectivity index (χ3v) is 5.06. The highest BCUT2D eigenvalue weighted by atomic mass is 35.5. The molecular weight excluding hydrogens is 403 g/mol. The molecule has 9 heteroatoms. The maximum Gasteiger partial charge on any atom is 0.191 e. The number of methoxy groups -OCH3 is 2. The number of aliphatic hydroxyl groups is 1. The SMILES string of the molecule is CCNC(=NCc1cc(Cl)c(Cl)n1C)NCC(O)c1ccc(OC)c(OC)c1. The molecular formula is C19H26Cl2N4O3. The molecule has 0 bridgehead atoms. The summed E-state index contributed by atoms with van der Waals surface area (Å²) in [6, 6.07) is 7.10. The highest BCUT2D eigenvalue weighted by Crippen LogP contribution is 2.29. The van der Waals surface area contributed by atoms with Gasteiger partial charge in [-0.25, -0.2) is 4.99 Å². The fourth-order valence-electron chi connectivity index (χ4n) is 2.61. The first-order valence-electron chi connectivity index (χ1n) is 8.83. The lowest BCUT2D eigenvalue weighted by Gasteiger charge is -2.17. The van der Waals surface area contributed by atoms with E-state index >= 15 is 0 Å². The second-order valence-electron chi connectivity index (χ2n) is 6.04. The van der Waals surface area contributed by atoms with Crippen LogP contribution in [0.4, 0.5) is 0 Å². The van der Waals surface area contributed by atoms with Crippen LogP contribution in [0.3, 0.4) is 0 Å². The van der Waals surface area contributed by atoms with Crippen LogP contribution in [0.2, 0.25) is 10.2 Å². The van der Waals surface area contributed by atoms with E-state index in [9.17, 15) is 5.11 Å². The van der Waals surface area contributed by atoms with Crippen molar-refractivity contribution in [3.05, 3.63) is 45.7 Å². The summed E-state index contributed by atoms with van der Waals surface area (Å²) in [5.41, 5.74) is 1.59. The average molecular weight is 429 g/mol. The van der Waals surface area contributed by atoms with Crippen LogP contribution in [0.1, 0.15) is 24.3 Å². The zero-order valence-corrected chi connectivity index (χ0v) is 17.9. The third kappa shape index (κ3) is 5.47. The van der Waals surface area contributed by atoms with Crippen molar-refractivity contribution in [3.63, 3.8) is 0 Å². The van der Waals surface area contributed by atoms with Crippen molar-refractivity contribution in [2.75, 3.05) is 27.3 Å². The smallest absolute Gasteiger partial charge is 0.191 e. The van der Waals surface area contributed by atoms with Crippen LogP contribution in [0, 0.1) is 0 Å². The van der Waals surface area contributed by atoms with Gasteiger partial charge in [0.05, 0.1) is 31.9 Å². The molecule has 2 aromatic rings. The monoisotopic (exact) mass is 428 g/mol. The number of benzene rings is 1. The van der Waals surface area contributed by atoms with E-state index in [1.54, 1.807) is 43.1 Å². The van der Waals surface area contributed by atoms with Gasteiger partial charge in [-0.2, -0.15) is 0 Å². The van der Waals surface area contributed by atoms with Crippen LogP contribution >= 0.6 is 23.2 Å². The Hall–Kier alpha value is -2.09. The number of aliphatic imine (C=N–C) groups is 1. The Balaban J connectivity index is 2.04. The number of aromatic nitrogens is 1. The summed E-state index contributed by atoms with van der Waals surface area (Å²) in [5.74, 6) is 1.76. The molecule has 0 aliphatic carbocycles. The zero-order valence-electron chi connectivity index (χ0n) is 16.4. The fraction of sp³-hybridized carbons (Fsp3) is 0.421. The number of hydrogen-bond acceptors (Lipinski definition) is 4. The standard InChI is InChI=1S/C19H26Cl2N4O3/c1-5-22-19(23-10-13-9-14(20)18(21)25(13)2)24-11-15(26)12-6-7-16(27-3)17(8-12)28-4/h6-9,15,26H,5,10-11H2,1-4H3,(H2,22,23,24). The molecule has 2 rings (SSSR count). The van der Waals surface area contributed by atoms with E-state index in [1.165, 1.54) is 0 Å². The van der Waals surface area contributed by atoms with E-state index in [1.807, 2.05) is 14.0 Å². The maximum absolute atomic E-state index is 10.5. The molecule has 28 heavy (non-hydrogen) atoms. The van der Waals surface area contributed by atoms with Gasteiger partial charge < -0.3 is 29.8 Å².